The maximum absolute atomic E-state index is 13.4. The molecular weight excluding hydrogens is 320 g/mol. The van der Waals surface area contributed by atoms with Crippen LogP contribution in [-0.2, 0) is 6.18 Å². The Labute approximate surface area is 133 Å². The summed E-state index contributed by atoms with van der Waals surface area (Å²) in [6.45, 7) is 6.75. The van der Waals surface area contributed by atoms with Crippen LogP contribution in [0.1, 0.15) is 23.6 Å². The standard InChI is InChI=1S/C15H18F4N2.ClH/c1-2-3-14(21-8-6-20-7-9-21)11-4-5-13(16)12(10-11)15(17,18)19;/h2,4-5,10,14,20H,1,3,6-9H2;1H/t14-;/m0./s1. The number of hydrogen-bond donors (Lipinski definition) is 1. The molecule has 1 heterocycles. The van der Waals surface area contributed by atoms with Crippen LogP contribution in [0.15, 0.2) is 30.9 Å². The molecule has 0 aliphatic carbocycles. The Morgan fingerprint density at radius 3 is 2.45 bits per heavy atom. The Kier molecular flexibility index (Phi) is 6.84. The summed E-state index contributed by atoms with van der Waals surface area (Å²) in [5.74, 6) is -1.23. The molecule has 0 aromatic heterocycles. The zero-order chi connectivity index (χ0) is 15.5. The Balaban J connectivity index is 0.00000242. The Bertz CT molecular complexity index is 499. The number of nitrogens with zero attached hydrogens (tertiary/aromatic N) is 1. The molecular formula is C15H19ClF4N2. The fourth-order valence-electron chi connectivity index (χ4n) is 2.62. The minimum Gasteiger partial charge on any atom is -0.314 e. The quantitative estimate of drug-likeness (QED) is 0.664. The lowest BCUT2D eigenvalue weighted by molar-refractivity contribution is -0.140. The van der Waals surface area contributed by atoms with E-state index in [0.717, 1.165) is 38.3 Å². The van der Waals surface area contributed by atoms with Crippen molar-refractivity contribution in [1.82, 2.24) is 10.2 Å². The van der Waals surface area contributed by atoms with Gasteiger partial charge in [0.05, 0.1) is 5.56 Å². The molecule has 2 nitrogen and oxygen atoms in total. The molecule has 0 unspecified atom stereocenters. The third-order valence-corrected chi connectivity index (χ3v) is 3.66. The lowest BCUT2D eigenvalue weighted by Crippen LogP contribution is -2.45. The summed E-state index contributed by atoms with van der Waals surface area (Å²) in [4.78, 5) is 2.10. The molecule has 1 fully saturated rings. The molecule has 1 aromatic rings. The molecule has 1 aliphatic rings. The van der Waals surface area contributed by atoms with E-state index in [1.165, 1.54) is 6.07 Å². The summed E-state index contributed by atoms with van der Waals surface area (Å²) in [6, 6.07) is 3.05. The molecule has 22 heavy (non-hydrogen) atoms. The number of piperazine rings is 1. The summed E-state index contributed by atoms with van der Waals surface area (Å²) >= 11 is 0. The van der Waals surface area contributed by atoms with Crippen LogP contribution in [0.3, 0.4) is 0 Å². The lowest BCUT2D eigenvalue weighted by atomic mass is 9.98. The molecule has 0 amide bonds. The maximum atomic E-state index is 13.4. The SMILES string of the molecule is C=CC[C@@H](c1ccc(F)c(C(F)(F)F)c1)N1CCNCC1.Cl. The molecule has 0 spiro atoms. The molecule has 0 bridgehead atoms. The molecule has 1 N–H and O–H groups in total. The first-order chi connectivity index (χ1) is 9.93. The normalized spacial score (nSPS) is 17.6. The summed E-state index contributed by atoms with van der Waals surface area (Å²) in [5, 5.41) is 3.20. The number of nitrogens with one attached hydrogen (secondary N) is 1. The molecule has 1 aromatic carbocycles. The fourth-order valence-corrected chi connectivity index (χ4v) is 2.62. The van der Waals surface area contributed by atoms with Crippen LogP contribution in [-0.4, -0.2) is 31.1 Å². The van der Waals surface area contributed by atoms with Gasteiger partial charge in [-0.15, -0.1) is 19.0 Å². The number of alkyl halides is 3. The van der Waals surface area contributed by atoms with Crippen molar-refractivity contribution < 1.29 is 17.6 Å². The van der Waals surface area contributed by atoms with Crippen LogP contribution < -0.4 is 5.32 Å². The predicted octanol–water partition coefficient (Wildman–Crippen LogP) is 3.79. The zero-order valence-electron chi connectivity index (χ0n) is 12.0. The van der Waals surface area contributed by atoms with Crippen molar-refractivity contribution in [3.63, 3.8) is 0 Å². The van der Waals surface area contributed by atoms with Gasteiger partial charge in [0, 0.05) is 32.2 Å². The lowest BCUT2D eigenvalue weighted by Gasteiger charge is -2.35. The van der Waals surface area contributed by atoms with Gasteiger partial charge in [0.1, 0.15) is 5.82 Å². The van der Waals surface area contributed by atoms with Crippen molar-refractivity contribution in [3.05, 3.63) is 47.8 Å². The molecule has 1 atom stereocenters. The van der Waals surface area contributed by atoms with E-state index in [0.29, 0.717) is 12.0 Å². The molecule has 124 valence electrons. The number of benzene rings is 1. The second-order valence-electron chi connectivity index (χ2n) is 5.06. The van der Waals surface area contributed by atoms with Gasteiger partial charge in [-0.2, -0.15) is 13.2 Å². The van der Waals surface area contributed by atoms with E-state index in [9.17, 15) is 17.6 Å². The third kappa shape index (κ3) is 4.44. The van der Waals surface area contributed by atoms with Gasteiger partial charge >= 0.3 is 6.18 Å². The van der Waals surface area contributed by atoms with Crippen LogP contribution in [0.25, 0.3) is 0 Å². The van der Waals surface area contributed by atoms with Crippen molar-refractivity contribution in [1.29, 1.82) is 0 Å². The number of rotatable bonds is 4. The van der Waals surface area contributed by atoms with Crippen molar-refractivity contribution in [2.24, 2.45) is 0 Å². The molecule has 2 rings (SSSR count). The van der Waals surface area contributed by atoms with E-state index in [1.54, 1.807) is 6.08 Å². The predicted molar refractivity (Wildman–Crippen MR) is 80.6 cm³/mol. The Morgan fingerprint density at radius 2 is 1.91 bits per heavy atom. The van der Waals surface area contributed by atoms with Gasteiger partial charge in [0.2, 0.25) is 0 Å². The van der Waals surface area contributed by atoms with E-state index in [4.69, 9.17) is 0 Å². The third-order valence-electron chi connectivity index (χ3n) is 3.66. The largest absolute Gasteiger partial charge is 0.419 e. The number of halogens is 5. The molecule has 0 saturated carbocycles. The highest BCUT2D eigenvalue weighted by Gasteiger charge is 2.35. The van der Waals surface area contributed by atoms with E-state index < -0.39 is 17.6 Å². The minimum atomic E-state index is -4.68. The first-order valence-electron chi connectivity index (χ1n) is 6.86. The highest BCUT2D eigenvalue weighted by Crippen LogP contribution is 2.35. The number of hydrogen-bond acceptors (Lipinski definition) is 2. The topological polar surface area (TPSA) is 15.3 Å². The van der Waals surface area contributed by atoms with Crippen LogP contribution in [0.2, 0.25) is 0 Å². The van der Waals surface area contributed by atoms with Crippen molar-refractivity contribution in [2.45, 2.75) is 18.6 Å². The van der Waals surface area contributed by atoms with Gasteiger partial charge in [0.25, 0.3) is 0 Å². The Hall–Kier alpha value is -1.11. The van der Waals surface area contributed by atoms with Crippen LogP contribution in [0, 0.1) is 5.82 Å². The summed E-state index contributed by atoms with van der Waals surface area (Å²) < 4.78 is 51.9. The van der Waals surface area contributed by atoms with Gasteiger partial charge in [-0.05, 0) is 24.1 Å². The summed E-state index contributed by atoms with van der Waals surface area (Å²) in [6.07, 6.45) is -2.46. The van der Waals surface area contributed by atoms with E-state index in [-0.39, 0.29) is 18.4 Å². The maximum Gasteiger partial charge on any atom is 0.419 e. The molecule has 1 saturated heterocycles. The molecule has 0 radical (unpaired) electrons. The first-order valence-corrected chi connectivity index (χ1v) is 6.86. The van der Waals surface area contributed by atoms with Crippen LogP contribution in [0.5, 0.6) is 0 Å². The van der Waals surface area contributed by atoms with E-state index in [2.05, 4.69) is 16.8 Å². The highest BCUT2D eigenvalue weighted by atomic mass is 35.5. The molecule has 1 aliphatic heterocycles. The summed E-state index contributed by atoms with van der Waals surface area (Å²) in [7, 11) is 0. The zero-order valence-corrected chi connectivity index (χ0v) is 12.8. The highest BCUT2D eigenvalue weighted by molar-refractivity contribution is 5.85. The van der Waals surface area contributed by atoms with Crippen molar-refractivity contribution in [2.75, 3.05) is 26.2 Å². The van der Waals surface area contributed by atoms with Gasteiger partial charge in [-0.25, -0.2) is 4.39 Å². The second kappa shape index (κ2) is 7.94. The Morgan fingerprint density at radius 1 is 1.27 bits per heavy atom. The van der Waals surface area contributed by atoms with Crippen molar-refractivity contribution >= 4 is 12.4 Å². The minimum absolute atomic E-state index is 0. The smallest absolute Gasteiger partial charge is 0.314 e. The second-order valence-corrected chi connectivity index (χ2v) is 5.06. The van der Waals surface area contributed by atoms with E-state index in [1.807, 2.05) is 0 Å². The average molecular weight is 339 g/mol. The fraction of sp³-hybridized carbons (Fsp3) is 0.467. The van der Waals surface area contributed by atoms with Gasteiger partial charge < -0.3 is 5.32 Å². The van der Waals surface area contributed by atoms with Gasteiger partial charge in [0.15, 0.2) is 0 Å². The molecule has 7 heteroatoms. The van der Waals surface area contributed by atoms with Gasteiger partial charge in [-0.1, -0.05) is 12.1 Å². The monoisotopic (exact) mass is 338 g/mol. The van der Waals surface area contributed by atoms with Crippen LogP contribution in [0.4, 0.5) is 17.6 Å². The average Bonchev–Trinajstić information content (AvgIpc) is 2.45. The van der Waals surface area contributed by atoms with E-state index >= 15 is 0 Å². The van der Waals surface area contributed by atoms with Gasteiger partial charge in [-0.3, -0.25) is 4.90 Å². The first kappa shape index (κ1) is 18.9. The van der Waals surface area contributed by atoms with Crippen LogP contribution >= 0.6 is 12.4 Å². The summed E-state index contributed by atoms with van der Waals surface area (Å²) in [5.41, 5.74) is -0.727. The van der Waals surface area contributed by atoms with Crippen molar-refractivity contribution in [3.8, 4) is 0 Å².